The molecule has 0 saturated heterocycles. The first-order valence-electron chi connectivity index (χ1n) is 3.53. The Bertz CT molecular complexity index is 104. The topological polar surface area (TPSA) is 37.0 Å². The summed E-state index contributed by atoms with van der Waals surface area (Å²) in [5.74, 6) is -0.934. The van der Waals surface area contributed by atoms with Crippen LogP contribution >= 0.6 is 22.6 Å². The van der Waals surface area contributed by atoms with Crippen molar-refractivity contribution < 1.29 is 9.90 Å². The SMILES string of the molecule is CCCCCC(I)C([O])=O. The maximum Gasteiger partial charge on any atom is 0.368 e. The molecule has 0 saturated carbocycles. The highest BCUT2D eigenvalue weighted by atomic mass is 127. The Balaban J connectivity index is 3.21. The van der Waals surface area contributed by atoms with E-state index >= 15 is 0 Å². The van der Waals surface area contributed by atoms with Gasteiger partial charge in [-0.15, -0.1) is 0 Å². The number of carbonyl (C=O) groups is 1. The number of hydrogen-bond donors (Lipinski definition) is 0. The fourth-order valence-corrected chi connectivity index (χ4v) is 1.13. The zero-order valence-corrected chi connectivity index (χ0v) is 8.26. The third-order valence-electron chi connectivity index (χ3n) is 1.32. The summed E-state index contributed by atoms with van der Waals surface area (Å²) in [6.07, 6.45) is 4.00. The van der Waals surface area contributed by atoms with Crippen LogP contribution in [-0.4, -0.2) is 9.89 Å². The van der Waals surface area contributed by atoms with Gasteiger partial charge in [-0.25, -0.2) is 9.90 Å². The van der Waals surface area contributed by atoms with Gasteiger partial charge in [0.1, 0.15) is 3.92 Å². The molecule has 0 heterocycles. The first-order chi connectivity index (χ1) is 4.68. The lowest BCUT2D eigenvalue weighted by atomic mass is 10.2. The molecule has 1 radical (unpaired) electrons. The van der Waals surface area contributed by atoms with Crippen LogP contribution in [0.15, 0.2) is 0 Å². The Morgan fingerprint density at radius 2 is 2.10 bits per heavy atom. The maximum absolute atomic E-state index is 10.2. The van der Waals surface area contributed by atoms with Gasteiger partial charge in [-0.2, -0.15) is 0 Å². The van der Waals surface area contributed by atoms with E-state index in [0.29, 0.717) is 0 Å². The van der Waals surface area contributed by atoms with E-state index in [0.717, 1.165) is 25.7 Å². The molecule has 0 aliphatic heterocycles. The molecule has 3 heteroatoms. The van der Waals surface area contributed by atoms with Crippen LogP contribution in [0.25, 0.3) is 0 Å². The quantitative estimate of drug-likeness (QED) is 0.422. The third kappa shape index (κ3) is 5.02. The Hall–Kier alpha value is 0.200. The lowest BCUT2D eigenvalue weighted by molar-refractivity contribution is -0.142. The Morgan fingerprint density at radius 3 is 2.50 bits per heavy atom. The summed E-state index contributed by atoms with van der Waals surface area (Å²) in [5, 5.41) is 10.2. The molecule has 0 spiro atoms. The first kappa shape index (κ1) is 10.2. The van der Waals surface area contributed by atoms with Crippen LogP contribution in [0.1, 0.15) is 32.6 Å². The van der Waals surface area contributed by atoms with Gasteiger partial charge in [0, 0.05) is 0 Å². The average Bonchev–Trinajstić information content (AvgIpc) is 1.88. The molecule has 0 aromatic heterocycles. The number of hydrogen-bond acceptors (Lipinski definition) is 1. The lowest BCUT2D eigenvalue weighted by Gasteiger charge is -1.99. The second-order valence-corrected chi connectivity index (χ2v) is 3.79. The smallest absolute Gasteiger partial charge is 0.246 e. The van der Waals surface area contributed by atoms with Crippen molar-refractivity contribution in [3.63, 3.8) is 0 Å². The molecule has 0 rings (SSSR count). The molecule has 2 nitrogen and oxygen atoms in total. The first-order valence-corrected chi connectivity index (χ1v) is 4.78. The number of rotatable bonds is 5. The molecule has 10 heavy (non-hydrogen) atoms. The van der Waals surface area contributed by atoms with Crippen LogP contribution in [0.5, 0.6) is 0 Å². The van der Waals surface area contributed by atoms with Crippen LogP contribution in [0.3, 0.4) is 0 Å². The molecule has 0 aromatic rings. The summed E-state index contributed by atoms with van der Waals surface area (Å²) >= 11 is 1.91. The fourth-order valence-electron chi connectivity index (χ4n) is 0.691. The third-order valence-corrected chi connectivity index (χ3v) is 2.45. The molecular weight excluding hydrogens is 243 g/mol. The maximum atomic E-state index is 10.2. The standard InChI is InChI=1S/C7H12IO2/c1-2-3-4-5-6(8)7(9)10/h6H,2-5H2,1H3. The highest BCUT2D eigenvalue weighted by Crippen LogP contribution is 2.11. The van der Waals surface area contributed by atoms with Crippen LogP contribution in [0, 0.1) is 0 Å². The van der Waals surface area contributed by atoms with E-state index in [1.165, 1.54) is 0 Å². The summed E-state index contributed by atoms with van der Waals surface area (Å²) in [6, 6.07) is 0. The van der Waals surface area contributed by atoms with Crippen LogP contribution in [0.2, 0.25) is 0 Å². The van der Waals surface area contributed by atoms with Gasteiger partial charge in [0.05, 0.1) is 0 Å². The minimum Gasteiger partial charge on any atom is -0.246 e. The predicted octanol–water partition coefficient (Wildman–Crippen LogP) is 2.33. The molecule has 0 N–H and O–H groups in total. The van der Waals surface area contributed by atoms with Crippen molar-refractivity contribution in [3.8, 4) is 0 Å². The van der Waals surface area contributed by atoms with Crippen molar-refractivity contribution in [3.05, 3.63) is 0 Å². The van der Waals surface area contributed by atoms with Gasteiger partial charge in [0.15, 0.2) is 0 Å². The molecule has 0 aliphatic rings. The van der Waals surface area contributed by atoms with E-state index < -0.39 is 5.97 Å². The average molecular weight is 255 g/mol. The van der Waals surface area contributed by atoms with E-state index in [1.54, 1.807) is 0 Å². The number of carbonyl (C=O) groups excluding carboxylic acids is 1. The molecule has 1 unspecified atom stereocenters. The van der Waals surface area contributed by atoms with Gasteiger partial charge in [-0.1, -0.05) is 48.8 Å². The lowest BCUT2D eigenvalue weighted by Crippen LogP contribution is -2.10. The van der Waals surface area contributed by atoms with E-state index in [-0.39, 0.29) is 3.92 Å². The summed E-state index contributed by atoms with van der Waals surface area (Å²) in [4.78, 5) is 10.2. The highest BCUT2D eigenvalue weighted by Gasteiger charge is 2.13. The molecule has 0 bridgehead atoms. The van der Waals surface area contributed by atoms with Gasteiger partial charge in [0.25, 0.3) is 0 Å². The van der Waals surface area contributed by atoms with Gasteiger partial charge in [-0.05, 0) is 6.42 Å². The normalized spacial score (nSPS) is 13.0. The van der Waals surface area contributed by atoms with E-state index in [2.05, 4.69) is 6.92 Å². The van der Waals surface area contributed by atoms with Gasteiger partial charge >= 0.3 is 5.97 Å². The molecule has 0 amide bonds. The minimum absolute atomic E-state index is 0.302. The van der Waals surface area contributed by atoms with Gasteiger partial charge < -0.3 is 0 Å². The number of halogens is 1. The van der Waals surface area contributed by atoms with Crippen molar-refractivity contribution in [2.45, 2.75) is 36.5 Å². The fraction of sp³-hybridized carbons (Fsp3) is 0.857. The minimum atomic E-state index is -0.934. The van der Waals surface area contributed by atoms with E-state index in [9.17, 15) is 9.90 Å². The molecular formula is C7H12IO2. The second kappa shape index (κ2) is 5.95. The summed E-state index contributed by atoms with van der Waals surface area (Å²) < 4.78 is -0.302. The van der Waals surface area contributed by atoms with Crippen LogP contribution in [0.4, 0.5) is 0 Å². The molecule has 1 atom stereocenters. The van der Waals surface area contributed by atoms with Gasteiger partial charge in [0.2, 0.25) is 0 Å². The number of alkyl halides is 1. The second-order valence-electron chi connectivity index (χ2n) is 2.28. The Morgan fingerprint density at radius 1 is 1.50 bits per heavy atom. The zero-order chi connectivity index (χ0) is 7.98. The molecule has 0 fully saturated rings. The van der Waals surface area contributed by atoms with Crippen molar-refractivity contribution in [1.82, 2.24) is 0 Å². The highest BCUT2D eigenvalue weighted by molar-refractivity contribution is 14.1. The Labute approximate surface area is 75.1 Å². The van der Waals surface area contributed by atoms with Crippen molar-refractivity contribution in [1.29, 1.82) is 0 Å². The van der Waals surface area contributed by atoms with E-state index in [4.69, 9.17) is 0 Å². The zero-order valence-electron chi connectivity index (χ0n) is 6.10. The van der Waals surface area contributed by atoms with Crippen LogP contribution < -0.4 is 0 Å². The largest absolute Gasteiger partial charge is 0.368 e. The molecule has 0 aromatic carbocycles. The summed E-state index contributed by atoms with van der Waals surface area (Å²) in [5.41, 5.74) is 0. The van der Waals surface area contributed by atoms with Gasteiger partial charge in [-0.3, -0.25) is 0 Å². The monoisotopic (exact) mass is 255 g/mol. The van der Waals surface area contributed by atoms with Crippen molar-refractivity contribution in [2.24, 2.45) is 0 Å². The summed E-state index contributed by atoms with van der Waals surface area (Å²) in [6.45, 7) is 2.10. The number of unbranched alkanes of at least 4 members (excludes halogenated alkanes) is 2. The molecule has 59 valence electrons. The van der Waals surface area contributed by atoms with Crippen LogP contribution in [-0.2, 0) is 9.90 Å². The van der Waals surface area contributed by atoms with Crippen molar-refractivity contribution >= 4 is 28.6 Å². The molecule has 0 aliphatic carbocycles. The summed E-state index contributed by atoms with van der Waals surface area (Å²) in [7, 11) is 0. The predicted molar refractivity (Wildman–Crippen MR) is 47.6 cm³/mol. The van der Waals surface area contributed by atoms with E-state index in [1.807, 2.05) is 22.6 Å². The Kier molecular flexibility index (Phi) is 6.06. The van der Waals surface area contributed by atoms with Crippen molar-refractivity contribution in [2.75, 3.05) is 0 Å².